The molecular weight excluding hydrogens is 362 g/mol. The summed E-state index contributed by atoms with van der Waals surface area (Å²) in [5.74, 6) is 1.03. The number of aryl methyl sites for hydroxylation is 1. The predicted molar refractivity (Wildman–Crippen MR) is 115 cm³/mol. The van der Waals surface area contributed by atoms with E-state index in [1.807, 2.05) is 42.7 Å². The molecule has 1 N–H and O–H groups in total. The Morgan fingerprint density at radius 2 is 1.72 bits per heavy atom. The number of piperazine rings is 1. The van der Waals surface area contributed by atoms with Gasteiger partial charge in [0.05, 0.1) is 6.54 Å². The molecule has 0 spiro atoms. The number of hydrogen-bond donors (Lipinski definition) is 1. The molecule has 1 saturated heterocycles. The van der Waals surface area contributed by atoms with Crippen LogP contribution in [0.3, 0.4) is 0 Å². The van der Waals surface area contributed by atoms with Crippen LogP contribution in [-0.4, -0.2) is 53.1 Å². The number of carbonyl (C=O) groups excluding carboxylic acids is 1. The zero-order valence-corrected chi connectivity index (χ0v) is 16.8. The van der Waals surface area contributed by atoms with Gasteiger partial charge in [0.1, 0.15) is 0 Å². The first kappa shape index (κ1) is 19.2. The number of anilines is 1. The smallest absolute Gasteiger partial charge is 0.234 e. The van der Waals surface area contributed by atoms with Gasteiger partial charge in [-0.1, -0.05) is 48.0 Å². The van der Waals surface area contributed by atoms with E-state index >= 15 is 0 Å². The highest BCUT2D eigenvalue weighted by atomic mass is 16.2. The second-order valence-corrected chi connectivity index (χ2v) is 7.46. The second kappa shape index (κ2) is 8.92. The first-order valence-corrected chi connectivity index (χ1v) is 10.1. The summed E-state index contributed by atoms with van der Waals surface area (Å²) in [5.41, 5.74) is 3.48. The third-order valence-electron chi connectivity index (χ3n) is 5.29. The largest absolute Gasteiger partial charge is 0.351 e. The van der Waals surface area contributed by atoms with Gasteiger partial charge in [0.25, 0.3) is 0 Å². The number of hydrogen-bond acceptors (Lipinski definition) is 4. The van der Waals surface area contributed by atoms with Gasteiger partial charge in [-0.3, -0.25) is 14.3 Å². The molecule has 1 aliphatic rings. The van der Waals surface area contributed by atoms with Gasteiger partial charge in [0, 0.05) is 50.8 Å². The van der Waals surface area contributed by atoms with Crippen molar-refractivity contribution in [1.29, 1.82) is 0 Å². The molecule has 4 rings (SSSR count). The summed E-state index contributed by atoms with van der Waals surface area (Å²) in [5, 5.41) is 3.01. The number of aromatic nitrogens is 2. The molecule has 6 heteroatoms. The molecule has 1 aliphatic heterocycles. The lowest BCUT2D eigenvalue weighted by atomic mass is 10.2. The third-order valence-corrected chi connectivity index (χ3v) is 5.29. The minimum atomic E-state index is 0.0726. The number of nitrogens with zero attached hydrogens (tertiary/aromatic N) is 4. The molecule has 3 aromatic rings. The van der Waals surface area contributed by atoms with Gasteiger partial charge in [-0.05, 0) is 24.6 Å². The number of rotatable bonds is 6. The molecule has 0 bridgehead atoms. The van der Waals surface area contributed by atoms with Gasteiger partial charge < -0.3 is 10.2 Å². The Morgan fingerprint density at radius 3 is 2.45 bits per heavy atom. The van der Waals surface area contributed by atoms with E-state index in [0.717, 1.165) is 43.4 Å². The van der Waals surface area contributed by atoms with Gasteiger partial charge in [-0.15, -0.1) is 0 Å². The van der Waals surface area contributed by atoms with Crippen LogP contribution in [0, 0.1) is 6.92 Å². The molecule has 2 aromatic carbocycles. The maximum atomic E-state index is 12.3. The molecule has 1 aromatic heterocycles. The SMILES string of the molecule is Cc1ccc(-n2ccnc2N2CCN(CC(=O)NCc3ccccc3)CC2)cc1. The Labute approximate surface area is 171 Å². The van der Waals surface area contributed by atoms with Crippen LogP contribution in [-0.2, 0) is 11.3 Å². The van der Waals surface area contributed by atoms with Crippen molar-refractivity contribution in [3.8, 4) is 5.69 Å². The molecule has 0 atom stereocenters. The normalized spacial score (nSPS) is 14.7. The van der Waals surface area contributed by atoms with Crippen LogP contribution in [0.5, 0.6) is 0 Å². The average molecular weight is 390 g/mol. The fourth-order valence-corrected chi connectivity index (χ4v) is 3.60. The minimum absolute atomic E-state index is 0.0726. The summed E-state index contributed by atoms with van der Waals surface area (Å²) in [6.07, 6.45) is 3.85. The Hall–Kier alpha value is -3.12. The van der Waals surface area contributed by atoms with Crippen LogP contribution in [0.4, 0.5) is 5.95 Å². The standard InChI is InChI=1S/C23H27N5O/c1-19-7-9-21(10-8-19)28-12-11-24-23(28)27-15-13-26(14-16-27)18-22(29)25-17-20-5-3-2-4-6-20/h2-12H,13-18H2,1H3,(H,25,29). The number of benzene rings is 2. The van der Waals surface area contributed by atoms with E-state index in [-0.39, 0.29) is 5.91 Å². The topological polar surface area (TPSA) is 53.4 Å². The van der Waals surface area contributed by atoms with E-state index in [0.29, 0.717) is 13.1 Å². The summed E-state index contributed by atoms with van der Waals surface area (Å²) in [4.78, 5) is 21.4. The van der Waals surface area contributed by atoms with Gasteiger partial charge in [-0.2, -0.15) is 0 Å². The zero-order chi connectivity index (χ0) is 20.1. The van der Waals surface area contributed by atoms with Gasteiger partial charge in [0.15, 0.2) is 0 Å². The lowest BCUT2D eigenvalue weighted by Crippen LogP contribution is -2.50. The molecule has 0 saturated carbocycles. The Balaban J connectivity index is 1.29. The van der Waals surface area contributed by atoms with Crippen molar-refractivity contribution in [2.45, 2.75) is 13.5 Å². The van der Waals surface area contributed by atoms with Crippen molar-refractivity contribution in [1.82, 2.24) is 19.8 Å². The first-order valence-electron chi connectivity index (χ1n) is 10.1. The van der Waals surface area contributed by atoms with Crippen LogP contribution < -0.4 is 10.2 Å². The molecule has 2 heterocycles. The molecule has 1 fully saturated rings. The molecule has 0 unspecified atom stereocenters. The molecule has 6 nitrogen and oxygen atoms in total. The van der Waals surface area contributed by atoms with Crippen molar-refractivity contribution < 1.29 is 4.79 Å². The zero-order valence-electron chi connectivity index (χ0n) is 16.8. The lowest BCUT2D eigenvalue weighted by molar-refractivity contribution is -0.122. The number of carbonyl (C=O) groups is 1. The number of imidazole rings is 1. The maximum Gasteiger partial charge on any atom is 0.234 e. The summed E-state index contributed by atoms with van der Waals surface area (Å²) >= 11 is 0. The maximum absolute atomic E-state index is 12.3. The van der Waals surface area contributed by atoms with Crippen LogP contribution in [0.15, 0.2) is 67.0 Å². The van der Waals surface area contributed by atoms with Crippen LogP contribution in [0.25, 0.3) is 5.69 Å². The molecular formula is C23H27N5O. The Morgan fingerprint density at radius 1 is 1.00 bits per heavy atom. The van der Waals surface area contributed by atoms with E-state index in [4.69, 9.17) is 0 Å². The van der Waals surface area contributed by atoms with E-state index in [1.165, 1.54) is 5.56 Å². The highest BCUT2D eigenvalue weighted by Gasteiger charge is 2.22. The van der Waals surface area contributed by atoms with Crippen LogP contribution in [0.1, 0.15) is 11.1 Å². The van der Waals surface area contributed by atoms with Crippen LogP contribution >= 0.6 is 0 Å². The molecule has 0 radical (unpaired) electrons. The third kappa shape index (κ3) is 4.84. The van der Waals surface area contributed by atoms with Crippen molar-refractivity contribution >= 4 is 11.9 Å². The second-order valence-electron chi connectivity index (χ2n) is 7.46. The quantitative estimate of drug-likeness (QED) is 0.704. The summed E-state index contributed by atoms with van der Waals surface area (Å²) in [7, 11) is 0. The summed E-state index contributed by atoms with van der Waals surface area (Å²) in [6, 6.07) is 18.5. The highest BCUT2D eigenvalue weighted by molar-refractivity contribution is 5.78. The monoisotopic (exact) mass is 389 g/mol. The van der Waals surface area contributed by atoms with Crippen molar-refractivity contribution in [2.75, 3.05) is 37.6 Å². The van der Waals surface area contributed by atoms with E-state index in [1.54, 1.807) is 0 Å². The van der Waals surface area contributed by atoms with E-state index in [9.17, 15) is 4.79 Å². The minimum Gasteiger partial charge on any atom is -0.351 e. The van der Waals surface area contributed by atoms with Crippen molar-refractivity contribution in [3.63, 3.8) is 0 Å². The number of nitrogens with one attached hydrogen (secondary N) is 1. The highest BCUT2D eigenvalue weighted by Crippen LogP contribution is 2.20. The van der Waals surface area contributed by atoms with E-state index in [2.05, 4.69) is 55.9 Å². The molecule has 29 heavy (non-hydrogen) atoms. The van der Waals surface area contributed by atoms with Crippen LogP contribution in [0.2, 0.25) is 0 Å². The van der Waals surface area contributed by atoms with Crippen molar-refractivity contribution in [2.24, 2.45) is 0 Å². The first-order chi connectivity index (χ1) is 14.2. The predicted octanol–water partition coefficient (Wildman–Crippen LogP) is 2.62. The van der Waals surface area contributed by atoms with Crippen molar-refractivity contribution in [3.05, 3.63) is 78.1 Å². The summed E-state index contributed by atoms with van der Waals surface area (Å²) < 4.78 is 2.13. The van der Waals surface area contributed by atoms with E-state index < -0.39 is 0 Å². The van der Waals surface area contributed by atoms with Gasteiger partial charge in [0.2, 0.25) is 11.9 Å². The Kier molecular flexibility index (Phi) is 5.91. The molecule has 150 valence electrons. The lowest BCUT2D eigenvalue weighted by Gasteiger charge is -2.35. The summed E-state index contributed by atoms with van der Waals surface area (Å²) in [6.45, 7) is 6.51. The number of amides is 1. The van der Waals surface area contributed by atoms with Gasteiger partial charge in [-0.25, -0.2) is 4.98 Å². The Bertz CT molecular complexity index is 927. The molecule has 0 aliphatic carbocycles. The van der Waals surface area contributed by atoms with Gasteiger partial charge >= 0.3 is 0 Å². The average Bonchev–Trinajstić information content (AvgIpc) is 3.24. The fraction of sp³-hybridized carbons (Fsp3) is 0.304. The fourth-order valence-electron chi connectivity index (χ4n) is 3.60. The molecule has 1 amide bonds.